The fourth-order valence-corrected chi connectivity index (χ4v) is 4.20. The zero-order valence-corrected chi connectivity index (χ0v) is 15.9. The minimum Gasteiger partial charge on any atom is -0.341 e. The van der Waals surface area contributed by atoms with Gasteiger partial charge < -0.3 is 10.2 Å². The number of hydrogen-bond acceptors (Lipinski definition) is 2. The maximum Gasteiger partial charge on any atom is 0.242 e. The van der Waals surface area contributed by atoms with E-state index < -0.39 is 0 Å². The summed E-state index contributed by atoms with van der Waals surface area (Å²) in [5.41, 5.74) is 0.877. The lowest BCUT2D eigenvalue weighted by atomic mass is 9.83. The number of likely N-dealkylation sites (tertiary alicyclic amines) is 1. The molecule has 2 saturated heterocycles. The third-order valence-corrected chi connectivity index (χ3v) is 5.85. The first-order chi connectivity index (χ1) is 11.6. The van der Waals surface area contributed by atoms with Gasteiger partial charge in [-0.2, -0.15) is 0 Å². The molecule has 0 aliphatic carbocycles. The number of halogens is 2. The highest BCUT2D eigenvalue weighted by Gasteiger charge is 2.41. The van der Waals surface area contributed by atoms with Crippen LogP contribution < -0.4 is 5.32 Å². The first-order valence-electron chi connectivity index (χ1n) is 9.42. The van der Waals surface area contributed by atoms with Crippen molar-refractivity contribution >= 4 is 18.3 Å². The fourth-order valence-electron chi connectivity index (χ4n) is 4.20. The van der Waals surface area contributed by atoms with Crippen molar-refractivity contribution in [2.24, 2.45) is 5.92 Å². The van der Waals surface area contributed by atoms with Crippen LogP contribution in [0.4, 0.5) is 4.39 Å². The summed E-state index contributed by atoms with van der Waals surface area (Å²) in [6, 6.07) is 6.83. The molecule has 2 heterocycles. The monoisotopic (exact) mass is 368 g/mol. The van der Waals surface area contributed by atoms with Gasteiger partial charge >= 0.3 is 0 Å². The second-order valence-electron chi connectivity index (χ2n) is 7.39. The molecule has 25 heavy (non-hydrogen) atoms. The van der Waals surface area contributed by atoms with Crippen molar-refractivity contribution in [1.29, 1.82) is 0 Å². The van der Waals surface area contributed by atoms with Crippen LogP contribution in [0.2, 0.25) is 0 Å². The summed E-state index contributed by atoms with van der Waals surface area (Å²) in [6.45, 7) is 4.79. The van der Waals surface area contributed by atoms with E-state index in [1.165, 1.54) is 24.1 Å². The van der Waals surface area contributed by atoms with Gasteiger partial charge in [0.05, 0.1) is 5.54 Å². The Hall–Kier alpha value is -1.13. The van der Waals surface area contributed by atoms with Crippen LogP contribution in [-0.2, 0) is 11.2 Å². The lowest BCUT2D eigenvalue weighted by Crippen LogP contribution is -2.60. The van der Waals surface area contributed by atoms with Gasteiger partial charge in [-0.1, -0.05) is 19.1 Å². The highest BCUT2D eigenvalue weighted by Crippen LogP contribution is 2.28. The SMILES string of the molecule is CC[C@@]1(C(=O)N2CCC(Cc3ccc(F)cc3)CC2)CCCCN1.Cl. The molecule has 0 radical (unpaired) electrons. The van der Waals surface area contributed by atoms with Gasteiger partial charge in [-0.3, -0.25) is 4.79 Å². The molecule has 1 amide bonds. The molecular formula is C20H30ClFN2O. The van der Waals surface area contributed by atoms with Crippen LogP contribution in [0.3, 0.4) is 0 Å². The number of nitrogens with zero attached hydrogens (tertiary/aromatic N) is 1. The maximum atomic E-state index is 13.0. The summed E-state index contributed by atoms with van der Waals surface area (Å²) in [4.78, 5) is 15.1. The van der Waals surface area contributed by atoms with Gasteiger partial charge in [-0.05, 0) is 75.1 Å². The second kappa shape index (κ2) is 9.00. The third kappa shape index (κ3) is 4.73. The molecule has 3 rings (SSSR count). The van der Waals surface area contributed by atoms with E-state index in [1.54, 1.807) is 0 Å². The molecule has 1 N–H and O–H groups in total. The van der Waals surface area contributed by atoms with Gasteiger partial charge in [0.15, 0.2) is 0 Å². The van der Waals surface area contributed by atoms with Crippen molar-refractivity contribution in [3.05, 3.63) is 35.6 Å². The van der Waals surface area contributed by atoms with Crippen LogP contribution in [0.5, 0.6) is 0 Å². The topological polar surface area (TPSA) is 32.3 Å². The Morgan fingerprint density at radius 2 is 1.92 bits per heavy atom. The molecule has 2 aliphatic rings. The second-order valence-corrected chi connectivity index (χ2v) is 7.39. The Kier molecular flexibility index (Phi) is 7.26. The van der Waals surface area contributed by atoms with Gasteiger partial charge in [0.1, 0.15) is 5.82 Å². The van der Waals surface area contributed by atoms with Crippen molar-refractivity contribution in [3.63, 3.8) is 0 Å². The smallest absolute Gasteiger partial charge is 0.242 e. The minimum atomic E-state index is -0.317. The highest BCUT2D eigenvalue weighted by molar-refractivity contribution is 5.86. The van der Waals surface area contributed by atoms with E-state index in [2.05, 4.69) is 17.1 Å². The van der Waals surface area contributed by atoms with Crippen LogP contribution in [-0.4, -0.2) is 36.0 Å². The molecule has 140 valence electrons. The summed E-state index contributed by atoms with van der Waals surface area (Å²) < 4.78 is 13.0. The third-order valence-electron chi connectivity index (χ3n) is 5.85. The van der Waals surface area contributed by atoms with Gasteiger partial charge in [0.25, 0.3) is 0 Å². The quantitative estimate of drug-likeness (QED) is 0.872. The largest absolute Gasteiger partial charge is 0.341 e. The Balaban J connectivity index is 0.00000225. The van der Waals surface area contributed by atoms with Crippen LogP contribution in [0.25, 0.3) is 0 Å². The molecule has 1 aromatic rings. The van der Waals surface area contributed by atoms with Crippen LogP contribution in [0, 0.1) is 11.7 Å². The van der Waals surface area contributed by atoms with Crippen LogP contribution in [0.15, 0.2) is 24.3 Å². The summed E-state index contributed by atoms with van der Waals surface area (Å²) >= 11 is 0. The molecule has 1 atom stereocenters. The summed E-state index contributed by atoms with van der Waals surface area (Å²) in [7, 11) is 0. The Bertz CT molecular complexity index is 549. The first kappa shape index (κ1) is 20.2. The van der Waals surface area contributed by atoms with Gasteiger partial charge in [0.2, 0.25) is 5.91 Å². The average molecular weight is 369 g/mol. The fraction of sp³-hybridized carbons (Fsp3) is 0.650. The number of benzene rings is 1. The number of piperidine rings is 2. The number of nitrogens with one attached hydrogen (secondary N) is 1. The lowest BCUT2D eigenvalue weighted by molar-refractivity contribution is -0.141. The zero-order valence-electron chi connectivity index (χ0n) is 15.1. The summed E-state index contributed by atoms with van der Waals surface area (Å²) in [6.07, 6.45) is 7.24. The molecule has 0 saturated carbocycles. The van der Waals surface area contributed by atoms with Crippen molar-refractivity contribution in [2.75, 3.05) is 19.6 Å². The highest BCUT2D eigenvalue weighted by atomic mass is 35.5. The Morgan fingerprint density at radius 1 is 1.24 bits per heavy atom. The van der Waals surface area contributed by atoms with Crippen molar-refractivity contribution in [3.8, 4) is 0 Å². The van der Waals surface area contributed by atoms with Gasteiger partial charge in [-0.25, -0.2) is 4.39 Å². The molecule has 0 spiro atoms. The maximum absolute atomic E-state index is 13.0. The van der Waals surface area contributed by atoms with Gasteiger partial charge in [0, 0.05) is 13.1 Å². The normalized spacial score (nSPS) is 24.6. The van der Waals surface area contributed by atoms with Crippen molar-refractivity contribution in [2.45, 2.75) is 57.4 Å². The standard InChI is InChI=1S/C20H29FN2O.ClH/c1-2-20(11-3-4-12-22-20)19(24)23-13-9-17(10-14-23)15-16-5-7-18(21)8-6-16;/h5-8,17,22H,2-4,9-15H2,1H3;1H/t20-;/m0./s1. The molecule has 0 bridgehead atoms. The number of hydrogen-bond donors (Lipinski definition) is 1. The zero-order chi connectivity index (χ0) is 17.0. The van der Waals surface area contributed by atoms with E-state index in [0.717, 1.165) is 58.2 Å². The van der Waals surface area contributed by atoms with E-state index in [-0.39, 0.29) is 23.8 Å². The van der Waals surface area contributed by atoms with Crippen molar-refractivity contribution < 1.29 is 9.18 Å². The molecule has 1 aromatic carbocycles. The van der Waals surface area contributed by atoms with E-state index in [9.17, 15) is 9.18 Å². The number of carbonyl (C=O) groups excluding carboxylic acids is 1. The van der Waals surface area contributed by atoms with Crippen LogP contribution >= 0.6 is 12.4 Å². The Morgan fingerprint density at radius 3 is 2.48 bits per heavy atom. The minimum absolute atomic E-state index is 0. The first-order valence-corrected chi connectivity index (χ1v) is 9.42. The molecule has 3 nitrogen and oxygen atoms in total. The van der Waals surface area contributed by atoms with E-state index >= 15 is 0 Å². The van der Waals surface area contributed by atoms with E-state index in [4.69, 9.17) is 0 Å². The molecule has 5 heteroatoms. The Labute approximate surface area is 156 Å². The number of amides is 1. The van der Waals surface area contributed by atoms with Gasteiger partial charge in [-0.15, -0.1) is 12.4 Å². The van der Waals surface area contributed by atoms with Crippen molar-refractivity contribution in [1.82, 2.24) is 10.2 Å². The molecule has 0 unspecified atom stereocenters. The molecule has 2 fully saturated rings. The average Bonchev–Trinajstić information content (AvgIpc) is 2.64. The molecule has 2 aliphatic heterocycles. The van der Waals surface area contributed by atoms with Crippen LogP contribution in [0.1, 0.15) is 51.0 Å². The predicted molar refractivity (Wildman–Crippen MR) is 102 cm³/mol. The lowest BCUT2D eigenvalue weighted by Gasteiger charge is -2.42. The van der Waals surface area contributed by atoms with E-state index in [1.807, 2.05) is 12.1 Å². The van der Waals surface area contributed by atoms with E-state index in [0.29, 0.717) is 11.8 Å². The summed E-state index contributed by atoms with van der Waals surface area (Å²) in [5.74, 6) is 0.727. The number of rotatable bonds is 4. The predicted octanol–water partition coefficient (Wildman–Crippen LogP) is 3.95. The number of carbonyl (C=O) groups is 1. The molecular weight excluding hydrogens is 339 g/mol. The summed E-state index contributed by atoms with van der Waals surface area (Å²) in [5, 5.41) is 3.51. The molecule has 0 aromatic heterocycles.